The molecule has 5 heterocycles. The first-order chi connectivity index (χ1) is 24.2. The van der Waals surface area contributed by atoms with E-state index in [0.717, 1.165) is 12.5 Å². The second-order valence-electron chi connectivity index (χ2n) is 15.2. The molecule has 4 fully saturated rings. The van der Waals surface area contributed by atoms with Crippen LogP contribution in [0.25, 0.3) is 22.0 Å². The highest BCUT2D eigenvalue weighted by Crippen LogP contribution is 2.46. The highest BCUT2D eigenvalue weighted by Gasteiger charge is 2.50. The van der Waals surface area contributed by atoms with Crippen molar-refractivity contribution in [1.29, 1.82) is 0 Å². The van der Waals surface area contributed by atoms with Gasteiger partial charge in [-0.05, 0) is 76.8 Å². The number of nitrogens with zero attached hydrogens (tertiary/aromatic N) is 5. The summed E-state index contributed by atoms with van der Waals surface area (Å²) in [6.07, 6.45) is -9.02. The normalized spacial score (nSPS) is 25.2. The molecular weight excluding hydrogens is 704 g/mol. The Labute approximate surface area is 294 Å². The number of piperazine rings is 1. The van der Waals surface area contributed by atoms with Crippen LogP contribution in [-0.2, 0) is 17.1 Å². The number of halogens is 8. The van der Waals surface area contributed by atoms with Crippen LogP contribution in [0.3, 0.4) is 0 Å². The number of ether oxygens (including phenoxy) is 2. The molecule has 0 aliphatic carbocycles. The van der Waals surface area contributed by atoms with Gasteiger partial charge in [0.25, 0.3) is 0 Å². The molecule has 2 bridgehead atoms. The third kappa shape index (κ3) is 6.53. The molecule has 0 spiro atoms. The van der Waals surface area contributed by atoms with Gasteiger partial charge in [0, 0.05) is 42.7 Å². The fourth-order valence-electron chi connectivity index (χ4n) is 8.29. The minimum absolute atomic E-state index is 0.0228. The summed E-state index contributed by atoms with van der Waals surface area (Å²) in [5.41, 5.74) is -2.21. The Balaban J connectivity index is 1.32. The first kappa shape index (κ1) is 36.2. The van der Waals surface area contributed by atoms with Gasteiger partial charge in [-0.25, -0.2) is 13.6 Å². The van der Waals surface area contributed by atoms with Crippen molar-refractivity contribution in [2.45, 2.75) is 94.6 Å². The molecule has 0 radical (unpaired) electrons. The maximum Gasteiger partial charge on any atom is 0.418 e. The molecule has 17 heteroatoms. The van der Waals surface area contributed by atoms with Gasteiger partial charge in [-0.1, -0.05) is 6.07 Å². The van der Waals surface area contributed by atoms with Gasteiger partial charge in [0.05, 0.1) is 28.7 Å². The number of carbonyl (C=O) groups is 1. The SMILES string of the molecule is CC(C)(C)OC(=O)N1[C@@H]2CC[C@H]1CN(c1nc(OC[C@@]34CCCN3C[C@H](F)C4)nc3c(F)c(-c4cc(N)c(C(F)(F)F)cc4C(F)(F)F)ccc13)C2. The second-order valence-corrected chi connectivity index (χ2v) is 15.2. The number of benzene rings is 2. The summed E-state index contributed by atoms with van der Waals surface area (Å²) in [4.78, 5) is 27.6. The summed E-state index contributed by atoms with van der Waals surface area (Å²) in [5, 5.41) is 0.109. The first-order valence-electron chi connectivity index (χ1n) is 17.1. The predicted octanol–water partition coefficient (Wildman–Crippen LogP) is 7.60. The number of carbonyl (C=O) groups excluding carboxylic acids is 1. The number of nitrogen functional groups attached to an aromatic ring is 1. The number of hydrogen-bond acceptors (Lipinski definition) is 8. The van der Waals surface area contributed by atoms with Crippen molar-refractivity contribution in [2.75, 3.05) is 43.4 Å². The predicted molar refractivity (Wildman–Crippen MR) is 175 cm³/mol. The van der Waals surface area contributed by atoms with E-state index in [9.17, 15) is 35.5 Å². The summed E-state index contributed by atoms with van der Waals surface area (Å²) in [6.45, 7) is 6.72. The maximum absolute atomic E-state index is 16.7. The summed E-state index contributed by atoms with van der Waals surface area (Å²) >= 11 is 0. The molecule has 7 rings (SSSR count). The van der Waals surface area contributed by atoms with Crippen molar-refractivity contribution in [3.63, 3.8) is 0 Å². The van der Waals surface area contributed by atoms with Gasteiger partial charge in [0.15, 0.2) is 5.82 Å². The molecule has 4 atom stereocenters. The molecule has 52 heavy (non-hydrogen) atoms. The molecule has 3 aromatic rings. The Hall–Kier alpha value is -4.15. The summed E-state index contributed by atoms with van der Waals surface area (Å²) < 4.78 is 126. The Morgan fingerprint density at radius 3 is 2.27 bits per heavy atom. The van der Waals surface area contributed by atoms with E-state index < -0.39 is 75.0 Å². The molecule has 2 N–H and O–H groups in total. The fourth-order valence-corrected chi connectivity index (χ4v) is 8.29. The molecule has 4 aliphatic rings. The van der Waals surface area contributed by atoms with Gasteiger partial charge >= 0.3 is 24.5 Å². The van der Waals surface area contributed by atoms with Gasteiger partial charge < -0.3 is 20.1 Å². The Morgan fingerprint density at radius 1 is 0.962 bits per heavy atom. The van der Waals surface area contributed by atoms with Gasteiger partial charge in [-0.2, -0.15) is 36.3 Å². The van der Waals surface area contributed by atoms with E-state index in [1.54, 1.807) is 25.7 Å². The molecular formula is C35H38F8N6O3. The van der Waals surface area contributed by atoms with E-state index >= 15 is 4.39 Å². The minimum atomic E-state index is -5.30. The van der Waals surface area contributed by atoms with Crippen LogP contribution in [0, 0.1) is 5.82 Å². The van der Waals surface area contributed by atoms with Crippen LogP contribution in [0.1, 0.15) is 64.0 Å². The number of amides is 1. The maximum atomic E-state index is 16.7. The van der Waals surface area contributed by atoms with E-state index in [0.29, 0.717) is 31.9 Å². The lowest BCUT2D eigenvalue weighted by Crippen LogP contribution is -2.57. The summed E-state index contributed by atoms with van der Waals surface area (Å²) in [6, 6.07) is 1.80. The zero-order chi connectivity index (χ0) is 37.5. The highest BCUT2D eigenvalue weighted by molar-refractivity contribution is 5.94. The molecule has 1 amide bonds. The number of aromatic nitrogens is 2. The zero-order valence-corrected chi connectivity index (χ0v) is 28.7. The highest BCUT2D eigenvalue weighted by atomic mass is 19.4. The summed E-state index contributed by atoms with van der Waals surface area (Å²) in [5.74, 6) is -1.05. The monoisotopic (exact) mass is 742 g/mol. The van der Waals surface area contributed by atoms with E-state index in [1.165, 1.54) is 6.07 Å². The summed E-state index contributed by atoms with van der Waals surface area (Å²) in [7, 11) is 0. The fraction of sp³-hybridized carbons (Fsp3) is 0.571. The topological polar surface area (TPSA) is 97.0 Å². The largest absolute Gasteiger partial charge is 0.461 e. The van der Waals surface area contributed by atoms with Gasteiger partial charge in [0.2, 0.25) is 0 Å². The number of fused-ring (bicyclic) bond motifs is 4. The average molecular weight is 743 g/mol. The van der Waals surface area contributed by atoms with Crippen LogP contribution in [0.4, 0.5) is 51.4 Å². The van der Waals surface area contributed by atoms with Crippen molar-refractivity contribution in [3.8, 4) is 17.1 Å². The van der Waals surface area contributed by atoms with Crippen molar-refractivity contribution in [2.24, 2.45) is 0 Å². The molecule has 4 saturated heterocycles. The van der Waals surface area contributed by atoms with E-state index in [1.807, 2.05) is 9.80 Å². The van der Waals surface area contributed by atoms with Crippen LogP contribution >= 0.6 is 0 Å². The number of nitrogens with two attached hydrogens (primary N) is 1. The Bertz CT molecular complexity index is 1890. The third-order valence-corrected chi connectivity index (χ3v) is 10.5. The number of hydrogen-bond donors (Lipinski definition) is 1. The molecule has 9 nitrogen and oxygen atoms in total. The second kappa shape index (κ2) is 12.5. The molecule has 2 aromatic carbocycles. The number of rotatable bonds is 5. The molecule has 0 unspecified atom stereocenters. The first-order valence-corrected chi connectivity index (χ1v) is 17.1. The smallest absolute Gasteiger partial charge is 0.418 e. The van der Waals surface area contributed by atoms with Gasteiger partial charge in [-0.15, -0.1) is 0 Å². The molecule has 282 valence electrons. The van der Waals surface area contributed by atoms with E-state index in [2.05, 4.69) is 9.97 Å². The van der Waals surface area contributed by atoms with Crippen LogP contribution in [0.15, 0.2) is 24.3 Å². The van der Waals surface area contributed by atoms with Crippen LogP contribution < -0.4 is 15.4 Å². The van der Waals surface area contributed by atoms with Crippen LogP contribution in [0.5, 0.6) is 6.01 Å². The minimum Gasteiger partial charge on any atom is -0.461 e. The lowest BCUT2D eigenvalue weighted by atomic mass is 9.94. The van der Waals surface area contributed by atoms with Crippen molar-refractivity contribution < 1.29 is 49.4 Å². The van der Waals surface area contributed by atoms with Gasteiger partial charge in [-0.3, -0.25) is 9.80 Å². The van der Waals surface area contributed by atoms with Crippen molar-refractivity contribution in [3.05, 3.63) is 41.2 Å². The number of alkyl halides is 7. The van der Waals surface area contributed by atoms with E-state index in [4.69, 9.17) is 15.2 Å². The quantitative estimate of drug-likeness (QED) is 0.211. The third-order valence-electron chi connectivity index (χ3n) is 10.5. The average Bonchev–Trinajstić information content (AvgIpc) is 3.64. The van der Waals surface area contributed by atoms with E-state index in [-0.39, 0.29) is 68.0 Å². The lowest BCUT2D eigenvalue weighted by molar-refractivity contribution is -0.142. The lowest BCUT2D eigenvalue weighted by Gasteiger charge is -2.42. The zero-order valence-electron chi connectivity index (χ0n) is 28.7. The molecule has 4 aliphatic heterocycles. The van der Waals surface area contributed by atoms with Crippen LogP contribution in [0.2, 0.25) is 0 Å². The standard InChI is InChI=1S/C35H38F8N6O3/c1-32(2,3)52-31(50)49-19-5-6-20(49)16-47(15-19)29-22-8-7-21(23-11-26(44)25(35(41,42)43)12-24(23)34(38,39)40)27(37)28(22)45-30(46-29)51-17-33-9-4-10-48(33)14-18(36)13-33/h7-8,11-12,18-20H,4-6,9-10,13-17,44H2,1-3H3/t18-,19-,20+,33+/m1/s1. The Morgan fingerprint density at radius 2 is 1.63 bits per heavy atom. The van der Waals surface area contributed by atoms with Crippen molar-refractivity contribution in [1.82, 2.24) is 19.8 Å². The molecule has 1 aromatic heterocycles. The van der Waals surface area contributed by atoms with Gasteiger partial charge in [0.1, 0.15) is 29.7 Å². The molecule has 0 saturated carbocycles. The van der Waals surface area contributed by atoms with Crippen LogP contribution in [-0.4, -0.2) is 88.0 Å². The van der Waals surface area contributed by atoms with Crippen molar-refractivity contribution >= 4 is 28.5 Å². The number of anilines is 2. The Kier molecular flexibility index (Phi) is 8.69.